The Morgan fingerprint density at radius 1 is 1.50 bits per heavy atom. The summed E-state index contributed by atoms with van der Waals surface area (Å²) in [7, 11) is 1.60. The molecular weight excluding hydrogens is 156 g/mol. The van der Waals surface area contributed by atoms with Crippen LogP contribution in [0.25, 0.3) is 0 Å². The molecule has 1 rings (SSSR count). The minimum atomic E-state index is -0.229. The molecule has 0 bridgehead atoms. The van der Waals surface area contributed by atoms with Crippen LogP contribution in [0.15, 0.2) is 0 Å². The van der Waals surface area contributed by atoms with E-state index in [9.17, 15) is 9.59 Å². The first-order chi connectivity index (χ1) is 5.66. The van der Waals surface area contributed by atoms with E-state index in [2.05, 4.69) is 5.32 Å². The van der Waals surface area contributed by atoms with Crippen molar-refractivity contribution in [1.29, 1.82) is 0 Å². The highest BCUT2D eigenvalue weighted by atomic mass is 16.2. The van der Waals surface area contributed by atoms with Crippen LogP contribution in [-0.4, -0.2) is 36.3 Å². The largest absolute Gasteiger partial charge is 0.357 e. The summed E-state index contributed by atoms with van der Waals surface area (Å²) >= 11 is 0. The standard InChI is InChI=1S/C8H14N2O2/c1-6(11)10-5-3-4-7(10)8(12)9-2/h7H,3-5H2,1-2H3,(H,9,12). The number of nitrogens with zero attached hydrogens (tertiary/aromatic N) is 1. The molecule has 1 aliphatic rings. The van der Waals surface area contributed by atoms with Crippen LogP contribution in [0.5, 0.6) is 0 Å². The van der Waals surface area contributed by atoms with E-state index < -0.39 is 0 Å². The summed E-state index contributed by atoms with van der Waals surface area (Å²) in [5, 5.41) is 2.56. The van der Waals surface area contributed by atoms with Gasteiger partial charge in [-0.2, -0.15) is 0 Å². The Kier molecular flexibility index (Phi) is 2.68. The lowest BCUT2D eigenvalue weighted by molar-refractivity contribution is -0.136. The Hall–Kier alpha value is -1.06. The van der Waals surface area contributed by atoms with Gasteiger partial charge in [-0.1, -0.05) is 0 Å². The molecule has 12 heavy (non-hydrogen) atoms. The van der Waals surface area contributed by atoms with Crippen LogP contribution in [0.3, 0.4) is 0 Å². The van der Waals surface area contributed by atoms with Crippen LogP contribution in [0.4, 0.5) is 0 Å². The maximum Gasteiger partial charge on any atom is 0.242 e. The van der Waals surface area contributed by atoms with Crippen LogP contribution >= 0.6 is 0 Å². The molecule has 0 aromatic rings. The van der Waals surface area contributed by atoms with Crippen LogP contribution in [0.1, 0.15) is 19.8 Å². The summed E-state index contributed by atoms with van der Waals surface area (Å²) in [5.41, 5.74) is 0. The number of likely N-dealkylation sites (tertiary alicyclic amines) is 1. The molecule has 4 heteroatoms. The first-order valence-electron chi connectivity index (χ1n) is 4.15. The Morgan fingerprint density at radius 3 is 2.67 bits per heavy atom. The number of carbonyl (C=O) groups is 2. The van der Waals surface area contributed by atoms with Gasteiger partial charge in [-0.15, -0.1) is 0 Å². The van der Waals surface area contributed by atoms with Gasteiger partial charge >= 0.3 is 0 Å². The van der Waals surface area contributed by atoms with Crippen LogP contribution in [-0.2, 0) is 9.59 Å². The summed E-state index contributed by atoms with van der Waals surface area (Å²) in [6.45, 7) is 2.22. The molecule has 0 aromatic carbocycles. The van der Waals surface area contributed by atoms with Crippen molar-refractivity contribution in [3.8, 4) is 0 Å². The maximum absolute atomic E-state index is 11.2. The first kappa shape index (κ1) is 9.03. The lowest BCUT2D eigenvalue weighted by Crippen LogP contribution is -2.43. The van der Waals surface area contributed by atoms with Crippen molar-refractivity contribution < 1.29 is 9.59 Å². The van der Waals surface area contributed by atoms with Crippen LogP contribution < -0.4 is 5.32 Å². The summed E-state index contributed by atoms with van der Waals surface area (Å²) in [4.78, 5) is 23.9. The first-order valence-corrected chi connectivity index (χ1v) is 4.15. The number of carbonyl (C=O) groups excluding carboxylic acids is 2. The summed E-state index contributed by atoms with van der Waals surface area (Å²) in [5.74, 6) is -0.0659. The number of nitrogens with one attached hydrogen (secondary N) is 1. The molecule has 0 radical (unpaired) electrons. The van der Waals surface area contributed by atoms with Crippen molar-refractivity contribution in [1.82, 2.24) is 10.2 Å². The third-order valence-corrected chi connectivity index (χ3v) is 2.21. The molecule has 1 aliphatic heterocycles. The van der Waals surface area contributed by atoms with E-state index in [1.165, 1.54) is 6.92 Å². The van der Waals surface area contributed by atoms with Gasteiger partial charge in [0.1, 0.15) is 6.04 Å². The molecule has 1 atom stereocenters. The van der Waals surface area contributed by atoms with E-state index in [1.807, 2.05) is 0 Å². The van der Waals surface area contributed by atoms with E-state index >= 15 is 0 Å². The molecule has 1 N–H and O–H groups in total. The van der Waals surface area contributed by atoms with Crippen molar-refractivity contribution >= 4 is 11.8 Å². The van der Waals surface area contributed by atoms with Crippen molar-refractivity contribution in [3.63, 3.8) is 0 Å². The van der Waals surface area contributed by atoms with E-state index in [4.69, 9.17) is 0 Å². The average molecular weight is 170 g/mol. The van der Waals surface area contributed by atoms with Crippen molar-refractivity contribution in [2.45, 2.75) is 25.8 Å². The highest BCUT2D eigenvalue weighted by Crippen LogP contribution is 2.16. The molecule has 0 spiro atoms. The van der Waals surface area contributed by atoms with Crippen molar-refractivity contribution in [2.75, 3.05) is 13.6 Å². The fourth-order valence-corrected chi connectivity index (χ4v) is 1.58. The van der Waals surface area contributed by atoms with Gasteiger partial charge in [0.05, 0.1) is 0 Å². The molecule has 1 unspecified atom stereocenters. The molecule has 1 fully saturated rings. The Morgan fingerprint density at radius 2 is 2.17 bits per heavy atom. The topological polar surface area (TPSA) is 49.4 Å². The van der Waals surface area contributed by atoms with E-state index in [0.29, 0.717) is 6.54 Å². The molecule has 0 saturated carbocycles. The predicted octanol–water partition coefficient (Wildman–Crippen LogP) is -0.257. The van der Waals surface area contributed by atoms with Gasteiger partial charge in [0.25, 0.3) is 0 Å². The Bertz CT molecular complexity index is 203. The van der Waals surface area contributed by atoms with E-state index in [-0.39, 0.29) is 17.9 Å². The van der Waals surface area contributed by atoms with Crippen molar-refractivity contribution in [3.05, 3.63) is 0 Å². The number of likely N-dealkylation sites (N-methyl/N-ethyl adjacent to an activating group) is 1. The number of amides is 2. The average Bonchev–Trinajstić information content (AvgIpc) is 2.50. The lowest BCUT2D eigenvalue weighted by Gasteiger charge is -2.21. The second kappa shape index (κ2) is 3.56. The van der Waals surface area contributed by atoms with Gasteiger partial charge in [0, 0.05) is 20.5 Å². The minimum absolute atomic E-state index is 0.0129. The SMILES string of the molecule is CNC(=O)C1CCCN1C(C)=O. The zero-order valence-corrected chi connectivity index (χ0v) is 7.46. The highest BCUT2D eigenvalue weighted by molar-refractivity contribution is 5.87. The van der Waals surface area contributed by atoms with E-state index in [1.54, 1.807) is 11.9 Å². The smallest absolute Gasteiger partial charge is 0.242 e. The number of rotatable bonds is 1. The van der Waals surface area contributed by atoms with Crippen LogP contribution in [0.2, 0.25) is 0 Å². The minimum Gasteiger partial charge on any atom is -0.357 e. The predicted molar refractivity (Wildman–Crippen MR) is 44.5 cm³/mol. The van der Waals surface area contributed by atoms with Gasteiger partial charge < -0.3 is 10.2 Å². The Labute approximate surface area is 71.9 Å². The third-order valence-electron chi connectivity index (χ3n) is 2.21. The zero-order valence-electron chi connectivity index (χ0n) is 7.46. The number of hydrogen-bond donors (Lipinski definition) is 1. The second-order valence-electron chi connectivity index (χ2n) is 2.98. The molecule has 0 aliphatic carbocycles. The zero-order chi connectivity index (χ0) is 9.14. The quantitative estimate of drug-likeness (QED) is 0.589. The monoisotopic (exact) mass is 170 g/mol. The molecule has 4 nitrogen and oxygen atoms in total. The Balaban J connectivity index is 2.63. The summed E-state index contributed by atoms with van der Waals surface area (Å²) < 4.78 is 0. The lowest BCUT2D eigenvalue weighted by atomic mass is 10.2. The molecule has 1 heterocycles. The summed E-state index contributed by atoms with van der Waals surface area (Å²) in [6, 6.07) is -0.229. The van der Waals surface area contributed by atoms with Crippen LogP contribution in [0, 0.1) is 0 Å². The second-order valence-corrected chi connectivity index (χ2v) is 2.98. The van der Waals surface area contributed by atoms with Gasteiger partial charge in [-0.05, 0) is 12.8 Å². The fraction of sp³-hybridized carbons (Fsp3) is 0.750. The molecule has 0 aromatic heterocycles. The molecule has 68 valence electrons. The van der Waals surface area contributed by atoms with Gasteiger partial charge in [-0.3, -0.25) is 9.59 Å². The van der Waals surface area contributed by atoms with Crippen molar-refractivity contribution in [2.24, 2.45) is 0 Å². The normalized spacial score (nSPS) is 22.5. The fourth-order valence-electron chi connectivity index (χ4n) is 1.58. The number of hydrogen-bond acceptors (Lipinski definition) is 2. The maximum atomic E-state index is 11.2. The molecule has 1 saturated heterocycles. The highest BCUT2D eigenvalue weighted by Gasteiger charge is 2.31. The summed E-state index contributed by atoms with van der Waals surface area (Å²) in [6.07, 6.45) is 1.72. The molecule has 2 amide bonds. The van der Waals surface area contributed by atoms with E-state index in [0.717, 1.165) is 12.8 Å². The van der Waals surface area contributed by atoms with Gasteiger partial charge in [0.15, 0.2) is 0 Å². The molecular formula is C8H14N2O2. The third kappa shape index (κ3) is 1.57. The van der Waals surface area contributed by atoms with Gasteiger partial charge in [0.2, 0.25) is 11.8 Å². The van der Waals surface area contributed by atoms with Gasteiger partial charge in [-0.25, -0.2) is 0 Å².